The maximum absolute atomic E-state index is 13.9. The van der Waals surface area contributed by atoms with Crippen molar-refractivity contribution in [1.82, 2.24) is 0 Å². The number of aryl methyl sites for hydroxylation is 1. The van der Waals surface area contributed by atoms with E-state index in [9.17, 15) is 9.59 Å². The second-order valence-corrected chi connectivity index (χ2v) is 11.2. The topological polar surface area (TPSA) is 55.4 Å². The fourth-order valence-electron chi connectivity index (χ4n) is 6.67. The number of ether oxygens (including phenoxy) is 1. The number of fused-ring (bicyclic) bond motifs is 3. The smallest absolute Gasteiger partial charge is 0.317 e. The van der Waals surface area contributed by atoms with Gasteiger partial charge in [-0.05, 0) is 37.5 Å². The van der Waals surface area contributed by atoms with Gasteiger partial charge in [0.2, 0.25) is 0 Å². The Morgan fingerprint density at radius 3 is 2.22 bits per heavy atom. The van der Waals surface area contributed by atoms with Crippen LogP contribution in [0.2, 0.25) is 0 Å². The highest BCUT2D eigenvalue weighted by Gasteiger charge is 2.51. The van der Waals surface area contributed by atoms with E-state index in [1.807, 2.05) is 49.4 Å². The Hall–Kier alpha value is -2.18. The van der Waals surface area contributed by atoms with Crippen molar-refractivity contribution >= 4 is 17.6 Å². The molecule has 3 saturated heterocycles. The summed E-state index contributed by atoms with van der Waals surface area (Å²) < 4.78 is 7.16. The van der Waals surface area contributed by atoms with E-state index >= 15 is 0 Å². The molecule has 4 aliphatic rings. The van der Waals surface area contributed by atoms with Gasteiger partial charge in [0.25, 0.3) is 5.91 Å². The summed E-state index contributed by atoms with van der Waals surface area (Å²) in [5.74, 6) is 0.424. The lowest BCUT2D eigenvalue weighted by Gasteiger charge is -2.52. The molecule has 1 aliphatic carbocycles. The van der Waals surface area contributed by atoms with Crippen LogP contribution in [0.3, 0.4) is 0 Å². The molecule has 194 valence electrons. The molecule has 0 aromatic heterocycles. The first-order valence-corrected chi connectivity index (χ1v) is 13.5. The summed E-state index contributed by atoms with van der Waals surface area (Å²) in [6.07, 6.45) is 8.18. The molecule has 3 heterocycles. The number of nitrogens with zero attached hydrogens (tertiary/aromatic N) is 1. The SMILES string of the molecule is Cc1ccc(NC(=O)C[N+]23CCC(CC2)C(OC(=O)C2(c4ccccc4)CCCCCC2)C3)cc1.[Br-]. The van der Waals surface area contributed by atoms with E-state index in [4.69, 9.17) is 4.74 Å². The summed E-state index contributed by atoms with van der Waals surface area (Å²) in [5.41, 5.74) is 2.59. The molecule has 4 fully saturated rings. The molecule has 6 rings (SSSR count). The minimum absolute atomic E-state index is 0. The van der Waals surface area contributed by atoms with Gasteiger partial charge >= 0.3 is 5.97 Å². The van der Waals surface area contributed by atoms with Crippen molar-refractivity contribution in [2.45, 2.75) is 69.8 Å². The molecule has 2 aromatic rings. The Morgan fingerprint density at radius 2 is 1.58 bits per heavy atom. The molecule has 1 amide bonds. The molecular weight excluding hydrogens is 516 g/mol. The molecule has 0 radical (unpaired) electrons. The van der Waals surface area contributed by atoms with Gasteiger partial charge in [-0.3, -0.25) is 9.59 Å². The summed E-state index contributed by atoms with van der Waals surface area (Å²) in [6.45, 7) is 5.22. The summed E-state index contributed by atoms with van der Waals surface area (Å²) in [6, 6.07) is 18.2. The standard InChI is InChI=1S/C30H38N2O3.BrH/c1-23-11-13-26(14-12-23)31-28(33)22-32-19-15-24(16-20-32)27(21-32)35-29(34)30(17-7-2-3-8-18-30)25-9-5-4-6-10-25;/h4-6,9-14,24,27H,2-3,7-8,15-22H2,1H3;1H. The second kappa shape index (κ2) is 11.5. The van der Waals surface area contributed by atoms with Crippen molar-refractivity contribution in [3.63, 3.8) is 0 Å². The first-order valence-electron chi connectivity index (χ1n) is 13.5. The van der Waals surface area contributed by atoms with E-state index in [-0.39, 0.29) is 35.0 Å². The number of rotatable bonds is 6. The van der Waals surface area contributed by atoms with Gasteiger partial charge in [-0.15, -0.1) is 0 Å². The van der Waals surface area contributed by atoms with Crippen LogP contribution in [0.4, 0.5) is 5.69 Å². The fraction of sp³-hybridized carbons (Fsp3) is 0.533. The van der Waals surface area contributed by atoms with E-state index in [1.54, 1.807) is 0 Å². The molecule has 5 nitrogen and oxygen atoms in total. The predicted octanol–water partition coefficient (Wildman–Crippen LogP) is 2.38. The molecule has 1 unspecified atom stereocenters. The first-order chi connectivity index (χ1) is 17.0. The predicted molar refractivity (Wildman–Crippen MR) is 138 cm³/mol. The van der Waals surface area contributed by atoms with E-state index in [0.717, 1.165) is 73.9 Å². The zero-order valence-electron chi connectivity index (χ0n) is 21.4. The number of carbonyl (C=O) groups excluding carboxylic acids is 2. The number of quaternary nitrogens is 1. The largest absolute Gasteiger partial charge is 1.00 e. The number of esters is 1. The number of hydrogen-bond donors (Lipinski definition) is 1. The molecule has 1 N–H and O–H groups in total. The maximum Gasteiger partial charge on any atom is 0.317 e. The number of benzene rings is 2. The Balaban J connectivity index is 0.00000304. The Bertz CT molecular complexity index is 1020. The molecule has 36 heavy (non-hydrogen) atoms. The normalized spacial score (nSPS) is 26.8. The number of carbonyl (C=O) groups is 2. The molecule has 1 atom stereocenters. The Kier molecular flexibility index (Phi) is 8.56. The van der Waals surface area contributed by atoms with Crippen molar-refractivity contribution in [1.29, 1.82) is 0 Å². The summed E-state index contributed by atoms with van der Waals surface area (Å²) in [5, 5.41) is 3.07. The molecule has 6 heteroatoms. The molecule has 2 bridgehead atoms. The highest BCUT2D eigenvalue weighted by atomic mass is 79.9. The van der Waals surface area contributed by atoms with Crippen LogP contribution in [-0.4, -0.2) is 48.6 Å². The number of piperidine rings is 3. The number of nitrogens with one attached hydrogen (secondary N) is 1. The maximum atomic E-state index is 13.9. The Labute approximate surface area is 226 Å². The summed E-state index contributed by atoms with van der Waals surface area (Å²) in [4.78, 5) is 26.9. The third kappa shape index (κ3) is 5.70. The van der Waals surface area contributed by atoms with Gasteiger partial charge in [0, 0.05) is 24.4 Å². The van der Waals surface area contributed by atoms with Crippen LogP contribution in [0, 0.1) is 12.8 Å². The second-order valence-electron chi connectivity index (χ2n) is 11.2. The highest BCUT2D eigenvalue weighted by Crippen LogP contribution is 2.42. The number of amides is 1. The van der Waals surface area contributed by atoms with Crippen LogP contribution in [0.1, 0.15) is 62.5 Å². The van der Waals surface area contributed by atoms with Gasteiger partial charge in [-0.2, -0.15) is 0 Å². The average molecular weight is 556 g/mol. The van der Waals surface area contributed by atoms with Gasteiger partial charge in [0.05, 0.1) is 18.5 Å². The van der Waals surface area contributed by atoms with Crippen molar-refractivity contribution in [2.75, 3.05) is 31.5 Å². The van der Waals surface area contributed by atoms with Crippen LogP contribution in [-0.2, 0) is 19.7 Å². The summed E-state index contributed by atoms with van der Waals surface area (Å²) in [7, 11) is 0. The first kappa shape index (κ1) is 26.9. The zero-order chi connectivity index (χ0) is 24.3. The minimum atomic E-state index is -0.530. The van der Waals surface area contributed by atoms with Crippen LogP contribution in [0.15, 0.2) is 54.6 Å². The van der Waals surface area contributed by atoms with Crippen LogP contribution in [0.5, 0.6) is 0 Å². The van der Waals surface area contributed by atoms with E-state index < -0.39 is 5.41 Å². The van der Waals surface area contributed by atoms with Gasteiger partial charge in [-0.25, -0.2) is 0 Å². The molecule has 0 spiro atoms. The van der Waals surface area contributed by atoms with Crippen molar-refractivity contribution in [3.05, 3.63) is 65.7 Å². The van der Waals surface area contributed by atoms with E-state index in [0.29, 0.717) is 12.5 Å². The van der Waals surface area contributed by atoms with Gasteiger partial charge in [-0.1, -0.05) is 73.7 Å². The van der Waals surface area contributed by atoms with Gasteiger partial charge in [0.15, 0.2) is 12.6 Å². The summed E-state index contributed by atoms with van der Waals surface area (Å²) >= 11 is 0. The van der Waals surface area contributed by atoms with Crippen LogP contribution >= 0.6 is 0 Å². The van der Waals surface area contributed by atoms with Crippen LogP contribution in [0.25, 0.3) is 0 Å². The number of anilines is 1. The molecule has 1 saturated carbocycles. The van der Waals surface area contributed by atoms with Gasteiger partial charge < -0.3 is 31.5 Å². The van der Waals surface area contributed by atoms with Crippen LogP contribution < -0.4 is 22.3 Å². The monoisotopic (exact) mass is 554 g/mol. The lowest BCUT2D eigenvalue weighted by atomic mass is 9.74. The van der Waals surface area contributed by atoms with Gasteiger partial charge in [0.1, 0.15) is 6.54 Å². The van der Waals surface area contributed by atoms with E-state index in [1.165, 1.54) is 18.4 Å². The lowest BCUT2D eigenvalue weighted by Crippen LogP contribution is -3.00. The lowest BCUT2D eigenvalue weighted by molar-refractivity contribution is -0.939. The zero-order valence-corrected chi connectivity index (χ0v) is 23.0. The molecular formula is C30H39BrN2O3. The molecule has 2 aromatic carbocycles. The van der Waals surface area contributed by atoms with E-state index in [2.05, 4.69) is 17.4 Å². The quantitative estimate of drug-likeness (QED) is 0.339. The number of hydrogen-bond acceptors (Lipinski definition) is 3. The van der Waals surface area contributed by atoms with Crippen molar-refractivity contribution < 1.29 is 35.8 Å². The molecule has 3 aliphatic heterocycles. The third-order valence-electron chi connectivity index (χ3n) is 8.79. The minimum Gasteiger partial charge on any atom is -1.00 e. The fourth-order valence-corrected chi connectivity index (χ4v) is 6.67. The number of halogens is 1. The third-order valence-corrected chi connectivity index (χ3v) is 8.79. The highest BCUT2D eigenvalue weighted by molar-refractivity contribution is 5.91. The average Bonchev–Trinajstić information content (AvgIpc) is 3.14. The Morgan fingerprint density at radius 1 is 0.944 bits per heavy atom. The van der Waals surface area contributed by atoms with Crippen molar-refractivity contribution in [3.8, 4) is 0 Å². The van der Waals surface area contributed by atoms with Crippen molar-refractivity contribution in [2.24, 2.45) is 5.92 Å².